The molecule has 0 bridgehead atoms. The van der Waals surface area contributed by atoms with Crippen LogP contribution in [-0.4, -0.2) is 37.3 Å². The van der Waals surface area contributed by atoms with Crippen molar-refractivity contribution >= 4 is 11.9 Å². The first-order chi connectivity index (χ1) is 8.74. The van der Waals surface area contributed by atoms with Gasteiger partial charge in [0.25, 0.3) is 0 Å². The van der Waals surface area contributed by atoms with E-state index in [-0.39, 0.29) is 12.4 Å². The number of rotatable bonds is 8. The average Bonchev–Trinajstić information content (AvgIpc) is 2.38. The number of carbonyl (C=O) groups excluding carboxylic acids is 1. The van der Waals surface area contributed by atoms with Gasteiger partial charge in [0, 0.05) is 5.56 Å². The average molecular weight is 250 g/mol. The first-order valence-corrected chi connectivity index (χ1v) is 5.82. The minimum Gasteiger partial charge on any atom is -0.499 e. The molecule has 0 fully saturated rings. The minimum absolute atomic E-state index is 0.0215. The molecule has 0 aromatic heterocycles. The Morgan fingerprint density at radius 1 is 1.33 bits per heavy atom. The zero-order valence-electron chi connectivity index (χ0n) is 10.5. The smallest absolute Gasteiger partial charge is 0.159 e. The molecule has 1 N–H and O–H groups in total. The van der Waals surface area contributed by atoms with Gasteiger partial charge in [0.05, 0.1) is 26.1 Å². The summed E-state index contributed by atoms with van der Waals surface area (Å²) in [6.45, 7) is 2.76. The summed E-state index contributed by atoms with van der Waals surface area (Å²) in [5, 5.41) is 8.48. The molecule has 0 saturated carbocycles. The van der Waals surface area contributed by atoms with Gasteiger partial charge < -0.3 is 14.6 Å². The summed E-state index contributed by atoms with van der Waals surface area (Å²) >= 11 is 0. The number of benzene rings is 1. The summed E-state index contributed by atoms with van der Waals surface area (Å²) in [5.74, 6) is 0.0450. The Balaban J connectivity index is 2.33. The molecule has 0 atom stereocenters. The van der Waals surface area contributed by atoms with Gasteiger partial charge in [-0.2, -0.15) is 0 Å². The quantitative estimate of drug-likeness (QED) is 0.435. The zero-order valence-corrected chi connectivity index (χ0v) is 10.5. The Morgan fingerprint density at radius 2 is 2.17 bits per heavy atom. The fraction of sp³-hybridized carbons (Fsp3) is 0.357. The monoisotopic (exact) mass is 250 g/mol. The minimum atomic E-state index is 0.0215. The summed E-state index contributed by atoms with van der Waals surface area (Å²) < 4.78 is 10.2. The van der Waals surface area contributed by atoms with Crippen LogP contribution in [0, 0.1) is 0 Å². The third-order valence-corrected chi connectivity index (χ3v) is 2.23. The van der Waals surface area contributed by atoms with E-state index in [1.165, 1.54) is 6.92 Å². The van der Waals surface area contributed by atoms with Crippen LogP contribution >= 0.6 is 0 Å². The Morgan fingerprint density at radius 3 is 2.89 bits per heavy atom. The lowest BCUT2D eigenvalue weighted by atomic mass is 10.1. The van der Waals surface area contributed by atoms with Crippen LogP contribution in [0.5, 0.6) is 0 Å². The molecule has 4 heteroatoms. The van der Waals surface area contributed by atoms with Crippen molar-refractivity contribution in [1.82, 2.24) is 0 Å². The lowest BCUT2D eigenvalue weighted by molar-refractivity contribution is 0.0604. The normalized spacial score (nSPS) is 10.8. The molecule has 0 heterocycles. The maximum absolute atomic E-state index is 11.2. The number of aliphatic hydroxyl groups excluding tert-OH is 1. The van der Waals surface area contributed by atoms with Crippen LogP contribution < -0.4 is 0 Å². The van der Waals surface area contributed by atoms with E-state index < -0.39 is 0 Å². The lowest BCUT2D eigenvalue weighted by Crippen LogP contribution is -2.04. The van der Waals surface area contributed by atoms with Crippen molar-refractivity contribution in [3.63, 3.8) is 0 Å². The van der Waals surface area contributed by atoms with E-state index in [9.17, 15) is 4.79 Å². The lowest BCUT2D eigenvalue weighted by Gasteiger charge is -2.02. The van der Waals surface area contributed by atoms with E-state index >= 15 is 0 Å². The van der Waals surface area contributed by atoms with Gasteiger partial charge in [-0.3, -0.25) is 4.79 Å². The van der Waals surface area contributed by atoms with Crippen molar-refractivity contribution in [2.45, 2.75) is 6.92 Å². The summed E-state index contributed by atoms with van der Waals surface area (Å²) in [5.41, 5.74) is 1.60. The molecule has 1 aromatic rings. The molecule has 0 aliphatic carbocycles. The first-order valence-electron chi connectivity index (χ1n) is 5.82. The molecule has 18 heavy (non-hydrogen) atoms. The highest BCUT2D eigenvalue weighted by Crippen LogP contribution is 2.07. The van der Waals surface area contributed by atoms with Crippen LogP contribution in [0.2, 0.25) is 0 Å². The van der Waals surface area contributed by atoms with Gasteiger partial charge in [-0.05, 0) is 24.6 Å². The number of carbonyl (C=O) groups is 1. The number of ketones is 1. The number of ether oxygens (including phenoxy) is 2. The van der Waals surface area contributed by atoms with Crippen LogP contribution in [0.25, 0.3) is 6.08 Å². The Bertz CT molecular complexity index is 399. The predicted molar refractivity (Wildman–Crippen MR) is 69.3 cm³/mol. The highest BCUT2D eigenvalue weighted by Gasteiger charge is 1.97. The van der Waals surface area contributed by atoms with E-state index in [1.54, 1.807) is 18.4 Å². The van der Waals surface area contributed by atoms with E-state index in [0.717, 1.165) is 5.56 Å². The molecular formula is C14H18O4. The third-order valence-electron chi connectivity index (χ3n) is 2.23. The van der Waals surface area contributed by atoms with E-state index in [1.807, 2.05) is 18.2 Å². The first kappa shape index (κ1) is 14.4. The van der Waals surface area contributed by atoms with Crippen molar-refractivity contribution in [2.24, 2.45) is 0 Å². The van der Waals surface area contributed by atoms with Gasteiger partial charge in [0.2, 0.25) is 0 Å². The number of hydrogen-bond donors (Lipinski definition) is 1. The number of aliphatic hydroxyl groups is 1. The Labute approximate surface area is 107 Å². The van der Waals surface area contributed by atoms with Crippen LogP contribution in [0.3, 0.4) is 0 Å². The van der Waals surface area contributed by atoms with Crippen LogP contribution in [0.1, 0.15) is 22.8 Å². The van der Waals surface area contributed by atoms with Crippen LogP contribution in [0.15, 0.2) is 30.5 Å². The van der Waals surface area contributed by atoms with Crippen molar-refractivity contribution in [3.8, 4) is 0 Å². The topological polar surface area (TPSA) is 55.8 Å². The second kappa shape index (κ2) is 8.44. The van der Waals surface area contributed by atoms with Gasteiger partial charge in [-0.25, -0.2) is 0 Å². The summed E-state index contributed by atoms with van der Waals surface area (Å²) in [6.07, 6.45) is 3.36. The molecule has 0 amide bonds. The molecule has 1 rings (SSSR count). The molecule has 0 unspecified atom stereocenters. The fourth-order valence-corrected chi connectivity index (χ4v) is 1.33. The molecule has 0 radical (unpaired) electrons. The van der Waals surface area contributed by atoms with Gasteiger partial charge >= 0.3 is 0 Å². The van der Waals surface area contributed by atoms with Gasteiger partial charge in [-0.1, -0.05) is 18.2 Å². The van der Waals surface area contributed by atoms with E-state index in [0.29, 0.717) is 25.4 Å². The maximum Gasteiger partial charge on any atom is 0.159 e. The van der Waals surface area contributed by atoms with Crippen LogP contribution in [0.4, 0.5) is 0 Å². The maximum atomic E-state index is 11.2. The van der Waals surface area contributed by atoms with E-state index in [4.69, 9.17) is 14.6 Å². The molecule has 0 saturated heterocycles. The molecule has 0 spiro atoms. The van der Waals surface area contributed by atoms with Crippen molar-refractivity contribution in [1.29, 1.82) is 0 Å². The van der Waals surface area contributed by atoms with Crippen molar-refractivity contribution in [3.05, 3.63) is 41.7 Å². The summed E-state index contributed by atoms with van der Waals surface area (Å²) in [4.78, 5) is 11.2. The summed E-state index contributed by atoms with van der Waals surface area (Å²) in [7, 11) is 0. The van der Waals surface area contributed by atoms with Crippen molar-refractivity contribution in [2.75, 3.05) is 26.4 Å². The van der Waals surface area contributed by atoms with E-state index in [2.05, 4.69) is 0 Å². The highest BCUT2D eigenvalue weighted by molar-refractivity contribution is 5.94. The zero-order chi connectivity index (χ0) is 13.2. The molecule has 98 valence electrons. The molecular weight excluding hydrogens is 232 g/mol. The fourth-order valence-electron chi connectivity index (χ4n) is 1.33. The van der Waals surface area contributed by atoms with Gasteiger partial charge in [0.15, 0.2) is 5.78 Å². The third kappa shape index (κ3) is 5.61. The van der Waals surface area contributed by atoms with Crippen LogP contribution in [-0.2, 0) is 9.47 Å². The van der Waals surface area contributed by atoms with Gasteiger partial charge in [0.1, 0.15) is 6.61 Å². The Kier molecular flexibility index (Phi) is 6.76. The summed E-state index contributed by atoms with van der Waals surface area (Å²) in [6, 6.07) is 7.32. The largest absolute Gasteiger partial charge is 0.499 e. The molecule has 0 aliphatic heterocycles. The Hall–Kier alpha value is -1.65. The second-order valence-corrected chi connectivity index (χ2v) is 3.69. The standard InChI is InChI=1S/C14H18O4/c1-12(16)14-4-2-3-13(11-14)5-7-17-9-10-18-8-6-15/h2-5,7,11,15H,6,8-10H2,1H3/b7-5+. The number of Topliss-reactive ketones (excluding diaryl/α,β-unsaturated/α-hetero) is 1. The molecule has 1 aromatic carbocycles. The number of hydrogen-bond acceptors (Lipinski definition) is 4. The predicted octanol–water partition coefficient (Wildman–Crippen LogP) is 1.89. The van der Waals surface area contributed by atoms with Gasteiger partial charge in [-0.15, -0.1) is 0 Å². The highest BCUT2D eigenvalue weighted by atomic mass is 16.5. The second-order valence-electron chi connectivity index (χ2n) is 3.69. The molecule has 4 nitrogen and oxygen atoms in total. The van der Waals surface area contributed by atoms with Crippen molar-refractivity contribution < 1.29 is 19.4 Å². The molecule has 0 aliphatic rings. The SMILES string of the molecule is CC(=O)c1cccc(/C=C/OCCOCCO)c1.